The number of carbonyl (C=O) groups excluding carboxylic acids is 1. The predicted molar refractivity (Wildman–Crippen MR) is 93.7 cm³/mol. The molecule has 0 radical (unpaired) electrons. The van der Waals surface area contributed by atoms with Crippen LogP contribution in [0.3, 0.4) is 0 Å². The van der Waals surface area contributed by atoms with Gasteiger partial charge in [-0.05, 0) is 52.9 Å². The van der Waals surface area contributed by atoms with Gasteiger partial charge in [-0.3, -0.25) is 0 Å². The number of carbonyl (C=O) groups is 1. The molecule has 0 aliphatic heterocycles. The molecule has 0 aromatic carbocycles. The zero-order chi connectivity index (χ0) is 16.9. The van der Waals surface area contributed by atoms with Crippen LogP contribution in [0.2, 0.25) is 0 Å². The van der Waals surface area contributed by atoms with E-state index >= 15 is 0 Å². The first-order valence-electron chi connectivity index (χ1n) is 8.52. The molecular formula is C17H29N3O2S. The predicted octanol–water partition coefficient (Wildman–Crippen LogP) is 3.63. The molecule has 6 heteroatoms. The van der Waals surface area contributed by atoms with Gasteiger partial charge >= 0.3 is 6.09 Å². The monoisotopic (exact) mass is 339 g/mol. The average Bonchev–Trinajstić information content (AvgIpc) is 2.92. The van der Waals surface area contributed by atoms with Gasteiger partial charge in [0, 0.05) is 29.7 Å². The number of nitrogens with one attached hydrogen (secondary N) is 2. The molecule has 2 rings (SSSR count). The molecule has 0 atom stereocenters. The van der Waals surface area contributed by atoms with Gasteiger partial charge in [-0.15, -0.1) is 11.3 Å². The van der Waals surface area contributed by atoms with Crippen LogP contribution < -0.4 is 10.6 Å². The molecule has 0 bridgehead atoms. The number of alkyl carbamates (subject to hydrolysis) is 1. The van der Waals surface area contributed by atoms with Crippen LogP contribution in [0.5, 0.6) is 0 Å². The highest BCUT2D eigenvalue weighted by Crippen LogP contribution is 2.20. The number of hydrogen-bond acceptors (Lipinski definition) is 5. The summed E-state index contributed by atoms with van der Waals surface area (Å²) in [5.41, 5.74) is -0.437. The van der Waals surface area contributed by atoms with Gasteiger partial charge in [0.25, 0.3) is 0 Å². The summed E-state index contributed by atoms with van der Waals surface area (Å²) in [7, 11) is 0. The maximum atomic E-state index is 11.8. The second-order valence-corrected chi connectivity index (χ2v) is 8.35. The molecule has 5 nitrogen and oxygen atoms in total. The van der Waals surface area contributed by atoms with Crippen molar-refractivity contribution in [2.45, 2.75) is 84.0 Å². The quantitative estimate of drug-likeness (QED) is 0.860. The lowest BCUT2D eigenvalue weighted by atomic mass is 9.91. The third kappa shape index (κ3) is 6.47. The molecular weight excluding hydrogens is 310 g/mol. The van der Waals surface area contributed by atoms with Crippen LogP contribution in [-0.2, 0) is 17.7 Å². The average molecular weight is 340 g/mol. The molecule has 0 unspecified atom stereocenters. The van der Waals surface area contributed by atoms with E-state index in [1.807, 2.05) is 27.0 Å². The van der Waals surface area contributed by atoms with E-state index in [-0.39, 0.29) is 12.1 Å². The lowest BCUT2D eigenvalue weighted by molar-refractivity contribution is 0.0490. The van der Waals surface area contributed by atoms with E-state index in [9.17, 15) is 4.79 Å². The summed E-state index contributed by atoms with van der Waals surface area (Å²) in [5.74, 6) is 0. The van der Waals surface area contributed by atoms with Crippen LogP contribution in [0.1, 0.15) is 63.3 Å². The molecule has 1 aromatic rings. The Hall–Kier alpha value is -1.14. The standard InChI is InChI=1S/C17H29N3O2S/c1-5-14-10-19-15(23-14)11-18-12-6-8-13(9-7-12)20-16(21)22-17(2,3)4/h10,12-13,18H,5-9,11H2,1-4H3,(H,20,21). The maximum Gasteiger partial charge on any atom is 0.407 e. The van der Waals surface area contributed by atoms with Crippen LogP contribution in [-0.4, -0.2) is 28.8 Å². The SMILES string of the molecule is CCc1cnc(CNC2CCC(NC(=O)OC(C)(C)C)CC2)s1. The van der Waals surface area contributed by atoms with Crippen molar-refractivity contribution in [1.82, 2.24) is 15.6 Å². The fraction of sp³-hybridized carbons (Fsp3) is 0.765. The Balaban J connectivity index is 1.66. The Kier molecular flexibility index (Phi) is 6.41. The molecule has 2 N–H and O–H groups in total. The van der Waals surface area contributed by atoms with E-state index in [1.54, 1.807) is 11.3 Å². The van der Waals surface area contributed by atoms with Crippen molar-refractivity contribution in [3.63, 3.8) is 0 Å². The van der Waals surface area contributed by atoms with Crippen LogP contribution in [0, 0.1) is 0 Å². The Morgan fingerprint density at radius 2 is 1.96 bits per heavy atom. The van der Waals surface area contributed by atoms with Crippen molar-refractivity contribution < 1.29 is 9.53 Å². The molecule has 0 spiro atoms. The van der Waals surface area contributed by atoms with Gasteiger partial charge in [-0.2, -0.15) is 0 Å². The minimum absolute atomic E-state index is 0.231. The van der Waals surface area contributed by atoms with Gasteiger partial charge in [0.1, 0.15) is 10.6 Å². The number of amides is 1. The van der Waals surface area contributed by atoms with Crippen molar-refractivity contribution in [2.75, 3.05) is 0 Å². The first-order chi connectivity index (χ1) is 10.9. The van der Waals surface area contributed by atoms with Gasteiger partial charge in [-0.1, -0.05) is 6.92 Å². The van der Waals surface area contributed by atoms with Crippen molar-refractivity contribution in [1.29, 1.82) is 0 Å². The molecule has 0 saturated heterocycles. The fourth-order valence-corrected chi connectivity index (χ4v) is 3.55. The van der Waals surface area contributed by atoms with Crippen LogP contribution in [0.4, 0.5) is 4.79 Å². The zero-order valence-electron chi connectivity index (χ0n) is 14.6. The Bertz CT molecular complexity index is 502. The number of aryl methyl sites for hydroxylation is 1. The molecule has 1 amide bonds. The summed E-state index contributed by atoms with van der Waals surface area (Å²) >= 11 is 1.79. The Morgan fingerprint density at radius 3 is 2.52 bits per heavy atom. The summed E-state index contributed by atoms with van der Waals surface area (Å²) in [6.45, 7) is 8.66. The maximum absolute atomic E-state index is 11.8. The first-order valence-corrected chi connectivity index (χ1v) is 9.34. The summed E-state index contributed by atoms with van der Waals surface area (Å²) in [6.07, 6.45) is 6.87. The van der Waals surface area contributed by atoms with Gasteiger partial charge in [0.05, 0.1) is 0 Å². The Labute approximate surface area is 143 Å². The third-order valence-corrected chi connectivity index (χ3v) is 5.08. The zero-order valence-corrected chi connectivity index (χ0v) is 15.5. The van der Waals surface area contributed by atoms with E-state index in [2.05, 4.69) is 22.5 Å². The third-order valence-electron chi connectivity index (χ3n) is 3.94. The van der Waals surface area contributed by atoms with E-state index < -0.39 is 5.60 Å². The minimum Gasteiger partial charge on any atom is -0.444 e. The van der Waals surface area contributed by atoms with E-state index in [1.165, 1.54) is 4.88 Å². The molecule has 1 aliphatic carbocycles. The number of rotatable bonds is 5. The van der Waals surface area contributed by atoms with E-state index in [4.69, 9.17) is 4.74 Å². The number of ether oxygens (including phenoxy) is 1. The molecule has 1 saturated carbocycles. The van der Waals surface area contributed by atoms with Crippen LogP contribution >= 0.6 is 11.3 Å². The lowest BCUT2D eigenvalue weighted by Gasteiger charge is -2.30. The molecule has 23 heavy (non-hydrogen) atoms. The minimum atomic E-state index is -0.437. The number of thiazole rings is 1. The highest BCUT2D eigenvalue weighted by molar-refractivity contribution is 7.11. The van der Waals surface area contributed by atoms with E-state index in [0.29, 0.717) is 6.04 Å². The van der Waals surface area contributed by atoms with Crippen molar-refractivity contribution in [3.8, 4) is 0 Å². The highest BCUT2D eigenvalue weighted by atomic mass is 32.1. The van der Waals surface area contributed by atoms with Crippen molar-refractivity contribution in [2.24, 2.45) is 0 Å². The second kappa shape index (κ2) is 8.11. The van der Waals surface area contributed by atoms with E-state index in [0.717, 1.165) is 43.7 Å². The molecule has 1 heterocycles. The number of nitrogens with zero attached hydrogens (tertiary/aromatic N) is 1. The van der Waals surface area contributed by atoms with Gasteiger partial charge in [0.15, 0.2) is 0 Å². The van der Waals surface area contributed by atoms with Gasteiger partial charge in [0.2, 0.25) is 0 Å². The largest absolute Gasteiger partial charge is 0.444 e. The smallest absolute Gasteiger partial charge is 0.407 e. The molecule has 130 valence electrons. The van der Waals surface area contributed by atoms with Crippen molar-refractivity contribution >= 4 is 17.4 Å². The van der Waals surface area contributed by atoms with Gasteiger partial charge in [-0.25, -0.2) is 9.78 Å². The molecule has 1 aromatic heterocycles. The number of hydrogen-bond donors (Lipinski definition) is 2. The number of aromatic nitrogens is 1. The second-order valence-electron chi connectivity index (χ2n) is 7.15. The molecule has 1 aliphatic rings. The topological polar surface area (TPSA) is 63.2 Å². The summed E-state index contributed by atoms with van der Waals surface area (Å²) < 4.78 is 5.31. The highest BCUT2D eigenvalue weighted by Gasteiger charge is 2.24. The first kappa shape index (κ1) is 18.2. The summed E-state index contributed by atoms with van der Waals surface area (Å²) in [6, 6.07) is 0.745. The molecule has 1 fully saturated rings. The Morgan fingerprint density at radius 1 is 1.30 bits per heavy atom. The van der Waals surface area contributed by atoms with Crippen LogP contribution in [0.15, 0.2) is 6.20 Å². The lowest BCUT2D eigenvalue weighted by Crippen LogP contribution is -2.43. The summed E-state index contributed by atoms with van der Waals surface area (Å²) in [5, 5.41) is 7.74. The normalized spacial score (nSPS) is 21.9. The van der Waals surface area contributed by atoms with Gasteiger partial charge < -0.3 is 15.4 Å². The summed E-state index contributed by atoms with van der Waals surface area (Å²) in [4.78, 5) is 17.6. The van der Waals surface area contributed by atoms with Crippen LogP contribution in [0.25, 0.3) is 0 Å². The van der Waals surface area contributed by atoms with Crippen molar-refractivity contribution in [3.05, 3.63) is 16.1 Å². The fourth-order valence-electron chi connectivity index (χ4n) is 2.74.